The van der Waals surface area contributed by atoms with Crippen molar-refractivity contribution in [1.29, 1.82) is 0 Å². The van der Waals surface area contributed by atoms with Gasteiger partial charge in [-0.15, -0.1) is 0 Å². The quantitative estimate of drug-likeness (QED) is 0.304. The first-order valence-electron chi connectivity index (χ1n) is 13.0. The summed E-state index contributed by atoms with van der Waals surface area (Å²) in [5.41, 5.74) is 7.82. The number of hydrogen-bond acceptors (Lipinski definition) is 6. The molecule has 1 unspecified atom stereocenters. The molecule has 6 nitrogen and oxygen atoms in total. The number of allylic oxidation sites excluding steroid dienone is 1. The molecule has 0 amide bonds. The number of nitrogens with one attached hydrogen (secondary N) is 1. The van der Waals surface area contributed by atoms with E-state index in [0.29, 0.717) is 24.6 Å². The van der Waals surface area contributed by atoms with Crippen molar-refractivity contribution >= 4 is 29.3 Å². The molecule has 39 heavy (non-hydrogen) atoms. The Kier molecular flexibility index (Phi) is 6.02. The van der Waals surface area contributed by atoms with E-state index in [1.165, 1.54) is 6.07 Å². The molecule has 0 saturated carbocycles. The van der Waals surface area contributed by atoms with Gasteiger partial charge in [0.15, 0.2) is 0 Å². The highest BCUT2D eigenvalue weighted by Crippen LogP contribution is 2.50. The van der Waals surface area contributed by atoms with Crippen LogP contribution in [0.4, 0.5) is 15.8 Å². The fourth-order valence-corrected chi connectivity index (χ4v) is 5.59. The molecule has 6 rings (SSSR count). The van der Waals surface area contributed by atoms with Crippen LogP contribution in [0.2, 0.25) is 0 Å². The van der Waals surface area contributed by atoms with Gasteiger partial charge in [0.25, 0.3) is 0 Å². The molecule has 3 aliphatic heterocycles. The number of halogens is 1. The van der Waals surface area contributed by atoms with Gasteiger partial charge in [-0.25, -0.2) is 4.39 Å². The van der Waals surface area contributed by atoms with Crippen molar-refractivity contribution in [3.05, 3.63) is 89.3 Å². The van der Waals surface area contributed by atoms with Crippen LogP contribution < -0.4 is 19.7 Å². The van der Waals surface area contributed by atoms with Gasteiger partial charge in [-0.2, -0.15) is 0 Å². The monoisotopic (exact) mass is 523 g/mol. The molecule has 0 aliphatic carbocycles. The zero-order valence-corrected chi connectivity index (χ0v) is 22.4. The second kappa shape index (κ2) is 9.42. The number of nitrogens with zero attached hydrogens (tertiary/aromatic N) is 2. The van der Waals surface area contributed by atoms with Crippen molar-refractivity contribution in [2.75, 3.05) is 23.9 Å². The number of benzene rings is 3. The smallest absolute Gasteiger partial charge is 0.320 e. The lowest BCUT2D eigenvalue weighted by atomic mass is 9.89. The van der Waals surface area contributed by atoms with E-state index < -0.39 is 5.92 Å². The summed E-state index contributed by atoms with van der Waals surface area (Å²) in [5, 5.41) is 3.63. The van der Waals surface area contributed by atoms with Crippen LogP contribution in [0, 0.1) is 18.7 Å². The zero-order chi connectivity index (χ0) is 27.3. The van der Waals surface area contributed by atoms with Gasteiger partial charge >= 0.3 is 5.97 Å². The molecule has 0 fully saturated rings. The van der Waals surface area contributed by atoms with Gasteiger partial charge in [0.2, 0.25) is 0 Å². The van der Waals surface area contributed by atoms with Crippen molar-refractivity contribution in [3.8, 4) is 22.6 Å². The van der Waals surface area contributed by atoms with E-state index in [-0.39, 0.29) is 17.3 Å². The first kappa shape index (κ1) is 24.9. The highest BCUT2D eigenvalue weighted by atomic mass is 19.1. The summed E-state index contributed by atoms with van der Waals surface area (Å²) in [4.78, 5) is 19.0. The lowest BCUT2D eigenvalue weighted by molar-refractivity contribution is -0.137. The minimum absolute atomic E-state index is 0.261. The summed E-state index contributed by atoms with van der Waals surface area (Å²) in [6.45, 7) is 7.23. The number of hydrogen-bond donors (Lipinski definition) is 1. The Morgan fingerprint density at radius 1 is 1.13 bits per heavy atom. The highest BCUT2D eigenvalue weighted by molar-refractivity contribution is 5.98. The van der Waals surface area contributed by atoms with E-state index in [4.69, 9.17) is 9.47 Å². The molecule has 198 valence electrons. The van der Waals surface area contributed by atoms with Crippen molar-refractivity contribution in [2.24, 2.45) is 10.9 Å². The Balaban J connectivity index is 1.41. The Morgan fingerprint density at radius 2 is 1.95 bits per heavy atom. The van der Waals surface area contributed by atoms with Crippen LogP contribution in [-0.4, -0.2) is 31.4 Å². The maximum atomic E-state index is 14.4. The van der Waals surface area contributed by atoms with Crippen LogP contribution in [0.15, 0.2) is 71.8 Å². The molecular weight excluding hydrogens is 493 g/mol. The molecule has 7 heteroatoms. The molecule has 0 spiro atoms. The third-order valence-corrected chi connectivity index (χ3v) is 7.41. The Bertz CT molecular complexity index is 1590. The van der Waals surface area contributed by atoms with Crippen molar-refractivity contribution in [3.63, 3.8) is 0 Å². The van der Waals surface area contributed by atoms with Crippen molar-refractivity contribution in [1.82, 2.24) is 0 Å². The summed E-state index contributed by atoms with van der Waals surface area (Å²) >= 11 is 0. The van der Waals surface area contributed by atoms with Crippen molar-refractivity contribution < 1.29 is 18.7 Å². The Labute approximate surface area is 227 Å². The molecule has 1 atom stereocenters. The van der Waals surface area contributed by atoms with Crippen LogP contribution in [0.1, 0.15) is 30.5 Å². The standard InChI is InChI=1S/C32H30FN3O3/c1-19-7-8-21(33)14-27(19)36-18-25-23(11-12-26-30(25)28(36)16-32(2,3)35-26)24-10-9-22(15-29(24)38-4)39-31(37)20-6-5-13-34-17-20/h5-16,20,35H,17-18H2,1-4H3. The first-order valence-corrected chi connectivity index (χ1v) is 13.0. The van der Waals surface area contributed by atoms with Crippen molar-refractivity contribution in [2.45, 2.75) is 32.9 Å². The molecule has 0 radical (unpaired) electrons. The Morgan fingerprint density at radius 3 is 2.72 bits per heavy atom. The Hall–Kier alpha value is -4.39. The first-order chi connectivity index (χ1) is 18.7. The number of carbonyl (C=O) groups excluding carboxylic acids is 1. The maximum absolute atomic E-state index is 14.4. The predicted octanol–water partition coefficient (Wildman–Crippen LogP) is 6.54. The second-order valence-electron chi connectivity index (χ2n) is 10.7. The summed E-state index contributed by atoms with van der Waals surface area (Å²) in [6.07, 6.45) is 7.44. The average Bonchev–Trinajstić information content (AvgIpc) is 3.29. The molecule has 0 aromatic heterocycles. The lowest BCUT2D eigenvalue weighted by Gasteiger charge is -2.33. The predicted molar refractivity (Wildman–Crippen MR) is 153 cm³/mol. The third kappa shape index (κ3) is 4.48. The molecule has 0 saturated heterocycles. The summed E-state index contributed by atoms with van der Waals surface area (Å²) in [6, 6.07) is 14.6. The molecule has 3 aliphatic rings. The third-order valence-electron chi connectivity index (χ3n) is 7.41. The van der Waals surface area contributed by atoms with Crippen LogP contribution in [0.25, 0.3) is 16.8 Å². The number of carbonyl (C=O) groups is 1. The number of esters is 1. The van der Waals surface area contributed by atoms with E-state index in [1.807, 2.05) is 19.1 Å². The lowest BCUT2D eigenvalue weighted by Crippen LogP contribution is -2.33. The number of anilines is 2. The van der Waals surface area contributed by atoms with E-state index in [1.54, 1.807) is 43.7 Å². The van der Waals surface area contributed by atoms with Gasteiger partial charge in [0.1, 0.15) is 17.3 Å². The number of rotatable bonds is 5. The van der Waals surface area contributed by atoms with E-state index in [9.17, 15) is 9.18 Å². The molecule has 0 bridgehead atoms. The highest BCUT2D eigenvalue weighted by Gasteiger charge is 2.37. The average molecular weight is 524 g/mol. The fraction of sp³-hybridized carbons (Fsp3) is 0.250. The van der Waals surface area contributed by atoms with Gasteiger partial charge in [0.05, 0.1) is 25.1 Å². The number of aliphatic imine (C=N–C) groups is 1. The number of ether oxygens (including phenoxy) is 2. The van der Waals surface area contributed by atoms with Gasteiger partial charge in [0, 0.05) is 47.0 Å². The zero-order valence-electron chi connectivity index (χ0n) is 22.4. The second-order valence-corrected chi connectivity index (χ2v) is 10.7. The minimum Gasteiger partial charge on any atom is -0.496 e. The number of methoxy groups -OCH3 is 1. The molecular formula is C32H30FN3O3. The van der Waals surface area contributed by atoms with Gasteiger partial charge < -0.3 is 19.7 Å². The van der Waals surface area contributed by atoms with Gasteiger partial charge in [-0.1, -0.05) is 18.2 Å². The SMILES string of the molecule is COc1cc(OC(=O)C2C=CC=NC2)ccc1-c1ccc2c3c1CN(c1cc(F)ccc1C)C3=CC(C)(C)N2. The topological polar surface area (TPSA) is 63.2 Å². The molecule has 1 N–H and O–H groups in total. The maximum Gasteiger partial charge on any atom is 0.320 e. The normalized spacial score (nSPS) is 18.3. The number of dihydropyridines is 1. The van der Waals surface area contributed by atoms with Gasteiger partial charge in [-0.3, -0.25) is 9.79 Å². The molecule has 3 heterocycles. The largest absolute Gasteiger partial charge is 0.496 e. The summed E-state index contributed by atoms with van der Waals surface area (Å²) in [7, 11) is 1.61. The number of aryl methyl sites for hydroxylation is 1. The fourth-order valence-electron chi connectivity index (χ4n) is 5.59. The van der Waals surface area contributed by atoms with E-state index >= 15 is 0 Å². The van der Waals surface area contributed by atoms with Gasteiger partial charge in [-0.05, 0) is 79.9 Å². The molecule has 3 aromatic carbocycles. The van der Waals surface area contributed by atoms with E-state index in [0.717, 1.165) is 44.9 Å². The minimum atomic E-state index is -0.402. The van der Waals surface area contributed by atoms with Crippen LogP contribution in [0.5, 0.6) is 11.5 Å². The van der Waals surface area contributed by atoms with Crippen LogP contribution >= 0.6 is 0 Å². The van der Waals surface area contributed by atoms with E-state index in [2.05, 4.69) is 47.3 Å². The van der Waals surface area contributed by atoms with Crippen LogP contribution in [0.3, 0.4) is 0 Å². The van der Waals surface area contributed by atoms with Crippen LogP contribution in [-0.2, 0) is 11.3 Å². The summed E-state index contributed by atoms with van der Waals surface area (Å²) in [5.74, 6) is 0.00176. The summed E-state index contributed by atoms with van der Waals surface area (Å²) < 4.78 is 25.8. The molecule has 3 aromatic rings.